The summed E-state index contributed by atoms with van der Waals surface area (Å²) < 4.78 is 1.39. The molecule has 2 heterocycles. The number of benzene rings is 1. The predicted molar refractivity (Wildman–Crippen MR) is 89.9 cm³/mol. The number of hydrogen-bond acceptors (Lipinski definition) is 3. The Hall–Kier alpha value is -1.06. The second kappa shape index (κ2) is 6.15. The van der Waals surface area contributed by atoms with Gasteiger partial charge in [-0.25, -0.2) is 0 Å². The molecule has 1 aliphatic rings. The molecule has 1 aromatic carbocycles. The van der Waals surface area contributed by atoms with Crippen LogP contribution in [-0.2, 0) is 0 Å². The van der Waals surface area contributed by atoms with Gasteiger partial charge < -0.3 is 10.2 Å². The van der Waals surface area contributed by atoms with Crippen molar-refractivity contribution in [1.82, 2.24) is 5.32 Å². The average molecular weight is 288 g/mol. The van der Waals surface area contributed by atoms with Crippen LogP contribution < -0.4 is 10.2 Å². The van der Waals surface area contributed by atoms with Crippen LogP contribution in [0.25, 0.3) is 10.1 Å². The van der Waals surface area contributed by atoms with Crippen molar-refractivity contribution in [2.75, 3.05) is 24.5 Å². The zero-order valence-electron chi connectivity index (χ0n) is 12.4. The van der Waals surface area contributed by atoms with E-state index in [9.17, 15) is 0 Å². The van der Waals surface area contributed by atoms with Crippen molar-refractivity contribution >= 4 is 27.1 Å². The van der Waals surface area contributed by atoms with E-state index in [1.54, 1.807) is 0 Å². The van der Waals surface area contributed by atoms with Crippen molar-refractivity contribution in [2.45, 2.75) is 32.7 Å². The molecular formula is C17H24N2S. The molecule has 0 aliphatic carbocycles. The van der Waals surface area contributed by atoms with Crippen LogP contribution in [-0.4, -0.2) is 25.7 Å². The molecule has 3 rings (SSSR count). The standard InChI is InChI=1S/C17H24N2S/c1-13(2)10-15-12-19(8-3-7-18-15)16-4-5-17-14(11-16)6-9-20-17/h4-6,9,11,13,15,18H,3,7-8,10,12H2,1-2H3. The van der Waals surface area contributed by atoms with Crippen LogP contribution >= 0.6 is 11.3 Å². The number of nitrogens with zero attached hydrogens (tertiary/aromatic N) is 1. The Morgan fingerprint density at radius 3 is 3.10 bits per heavy atom. The van der Waals surface area contributed by atoms with E-state index < -0.39 is 0 Å². The highest BCUT2D eigenvalue weighted by Gasteiger charge is 2.19. The van der Waals surface area contributed by atoms with Gasteiger partial charge in [-0.15, -0.1) is 11.3 Å². The summed E-state index contributed by atoms with van der Waals surface area (Å²) in [4.78, 5) is 2.56. The second-order valence-electron chi connectivity index (χ2n) is 6.22. The van der Waals surface area contributed by atoms with Crippen molar-refractivity contribution in [2.24, 2.45) is 5.92 Å². The van der Waals surface area contributed by atoms with Crippen LogP contribution in [0.1, 0.15) is 26.7 Å². The summed E-state index contributed by atoms with van der Waals surface area (Å²) in [7, 11) is 0. The lowest BCUT2D eigenvalue weighted by molar-refractivity contribution is 0.436. The minimum Gasteiger partial charge on any atom is -0.370 e. The van der Waals surface area contributed by atoms with Gasteiger partial charge in [-0.1, -0.05) is 13.8 Å². The minimum absolute atomic E-state index is 0.621. The van der Waals surface area contributed by atoms with Crippen LogP contribution in [0.15, 0.2) is 29.6 Å². The topological polar surface area (TPSA) is 15.3 Å². The number of fused-ring (bicyclic) bond motifs is 1. The third-order valence-electron chi connectivity index (χ3n) is 4.04. The fourth-order valence-electron chi connectivity index (χ4n) is 3.11. The molecule has 1 unspecified atom stereocenters. The molecule has 1 aliphatic heterocycles. The lowest BCUT2D eigenvalue weighted by Crippen LogP contribution is -2.38. The zero-order valence-corrected chi connectivity index (χ0v) is 13.2. The first-order valence-corrected chi connectivity index (χ1v) is 8.56. The Morgan fingerprint density at radius 1 is 1.35 bits per heavy atom. The first kappa shape index (κ1) is 13.9. The van der Waals surface area contributed by atoms with Gasteiger partial charge in [-0.2, -0.15) is 0 Å². The number of rotatable bonds is 3. The van der Waals surface area contributed by atoms with E-state index in [1.165, 1.54) is 28.6 Å². The molecule has 1 saturated heterocycles. The second-order valence-corrected chi connectivity index (χ2v) is 7.17. The number of thiophene rings is 1. The van der Waals surface area contributed by atoms with E-state index in [4.69, 9.17) is 0 Å². The van der Waals surface area contributed by atoms with Crippen molar-refractivity contribution in [3.63, 3.8) is 0 Å². The maximum absolute atomic E-state index is 3.71. The Kier molecular flexibility index (Phi) is 4.27. The monoisotopic (exact) mass is 288 g/mol. The van der Waals surface area contributed by atoms with E-state index in [0.29, 0.717) is 6.04 Å². The molecule has 1 atom stereocenters. The summed E-state index contributed by atoms with van der Waals surface area (Å²) in [6, 6.07) is 9.76. The quantitative estimate of drug-likeness (QED) is 0.914. The Labute approximate surface area is 125 Å². The third-order valence-corrected chi connectivity index (χ3v) is 4.93. The molecule has 20 heavy (non-hydrogen) atoms. The van der Waals surface area contributed by atoms with Crippen molar-refractivity contribution in [3.05, 3.63) is 29.6 Å². The number of anilines is 1. The average Bonchev–Trinajstić information content (AvgIpc) is 2.77. The summed E-state index contributed by atoms with van der Waals surface area (Å²) in [5.74, 6) is 0.756. The molecule has 2 aromatic rings. The molecule has 1 fully saturated rings. The van der Waals surface area contributed by atoms with Crippen molar-refractivity contribution in [3.8, 4) is 0 Å². The molecule has 0 amide bonds. The summed E-state index contributed by atoms with van der Waals surface area (Å²) >= 11 is 1.82. The minimum atomic E-state index is 0.621. The van der Waals surface area contributed by atoms with Gasteiger partial charge in [0.05, 0.1) is 0 Å². The van der Waals surface area contributed by atoms with Gasteiger partial charge in [-0.3, -0.25) is 0 Å². The molecule has 0 saturated carbocycles. The van der Waals surface area contributed by atoms with Gasteiger partial charge in [0.1, 0.15) is 0 Å². The lowest BCUT2D eigenvalue weighted by atomic mass is 10.0. The maximum Gasteiger partial charge on any atom is 0.0373 e. The van der Waals surface area contributed by atoms with Gasteiger partial charge in [0.2, 0.25) is 0 Å². The van der Waals surface area contributed by atoms with Crippen LogP contribution in [0.3, 0.4) is 0 Å². The Morgan fingerprint density at radius 2 is 2.25 bits per heavy atom. The van der Waals surface area contributed by atoms with E-state index in [0.717, 1.165) is 25.6 Å². The lowest BCUT2D eigenvalue weighted by Gasteiger charge is -2.27. The predicted octanol–water partition coefficient (Wildman–Crippen LogP) is 4.12. The SMILES string of the molecule is CC(C)CC1CN(c2ccc3sccc3c2)CCCN1. The van der Waals surface area contributed by atoms with Gasteiger partial charge in [0, 0.05) is 29.5 Å². The molecule has 0 bridgehead atoms. The first-order valence-electron chi connectivity index (χ1n) is 7.68. The molecule has 3 heteroatoms. The smallest absolute Gasteiger partial charge is 0.0373 e. The number of nitrogens with one attached hydrogen (secondary N) is 1. The highest BCUT2D eigenvalue weighted by molar-refractivity contribution is 7.17. The van der Waals surface area contributed by atoms with E-state index in [1.807, 2.05) is 11.3 Å². The largest absolute Gasteiger partial charge is 0.370 e. The van der Waals surface area contributed by atoms with E-state index in [-0.39, 0.29) is 0 Å². The molecule has 1 N–H and O–H groups in total. The maximum atomic E-state index is 3.71. The highest BCUT2D eigenvalue weighted by Crippen LogP contribution is 2.27. The first-order chi connectivity index (χ1) is 9.72. The summed E-state index contributed by atoms with van der Waals surface area (Å²) in [6.45, 7) is 8.07. The van der Waals surface area contributed by atoms with Crippen molar-refractivity contribution < 1.29 is 0 Å². The highest BCUT2D eigenvalue weighted by atomic mass is 32.1. The van der Waals surface area contributed by atoms with Crippen LogP contribution in [0.5, 0.6) is 0 Å². The molecule has 0 spiro atoms. The molecule has 108 valence electrons. The Bertz CT molecular complexity index is 561. The molecule has 0 radical (unpaired) electrons. The van der Waals surface area contributed by atoms with Gasteiger partial charge in [0.25, 0.3) is 0 Å². The van der Waals surface area contributed by atoms with Crippen LogP contribution in [0.4, 0.5) is 5.69 Å². The van der Waals surface area contributed by atoms with E-state index >= 15 is 0 Å². The molecule has 2 nitrogen and oxygen atoms in total. The van der Waals surface area contributed by atoms with E-state index in [2.05, 4.69) is 53.7 Å². The van der Waals surface area contributed by atoms with Gasteiger partial charge in [-0.05, 0) is 60.3 Å². The molecular weight excluding hydrogens is 264 g/mol. The summed E-state index contributed by atoms with van der Waals surface area (Å²) in [5, 5.41) is 7.27. The van der Waals surface area contributed by atoms with Gasteiger partial charge in [0.15, 0.2) is 0 Å². The summed E-state index contributed by atoms with van der Waals surface area (Å²) in [6.07, 6.45) is 2.49. The summed E-state index contributed by atoms with van der Waals surface area (Å²) in [5.41, 5.74) is 1.38. The van der Waals surface area contributed by atoms with Crippen LogP contribution in [0.2, 0.25) is 0 Å². The van der Waals surface area contributed by atoms with Crippen molar-refractivity contribution in [1.29, 1.82) is 0 Å². The fourth-order valence-corrected chi connectivity index (χ4v) is 3.88. The molecule has 1 aromatic heterocycles. The third kappa shape index (κ3) is 3.15. The van der Waals surface area contributed by atoms with Gasteiger partial charge >= 0.3 is 0 Å². The Balaban J connectivity index is 1.79. The fraction of sp³-hybridized carbons (Fsp3) is 0.529. The van der Waals surface area contributed by atoms with Crippen LogP contribution in [0, 0.1) is 5.92 Å². The number of hydrogen-bond donors (Lipinski definition) is 1. The zero-order chi connectivity index (χ0) is 13.9. The normalized spacial score (nSPS) is 20.6.